The molecular weight excluding hydrogens is 366 g/mol. The SMILES string of the molecule is CCNC(=NCCCNC(=O)c1occc1C)NCCc1cc(F)ccc1F. The molecule has 0 spiro atoms. The number of carbonyl (C=O) groups is 1. The number of halogens is 2. The van der Waals surface area contributed by atoms with Crippen molar-refractivity contribution in [3.8, 4) is 0 Å². The number of hydrogen-bond donors (Lipinski definition) is 3. The first-order valence-electron chi connectivity index (χ1n) is 9.29. The number of carbonyl (C=O) groups excluding carboxylic acids is 1. The summed E-state index contributed by atoms with van der Waals surface area (Å²) in [7, 11) is 0. The highest BCUT2D eigenvalue weighted by Crippen LogP contribution is 2.10. The van der Waals surface area contributed by atoms with Crippen molar-refractivity contribution in [2.75, 3.05) is 26.2 Å². The van der Waals surface area contributed by atoms with Crippen LogP contribution in [0.5, 0.6) is 0 Å². The predicted molar refractivity (Wildman–Crippen MR) is 104 cm³/mol. The van der Waals surface area contributed by atoms with Gasteiger partial charge in [-0.3, -0.25) is 9.79 Å². The molecule has 2 aromatic rings. The van der Waals surface area contributed by atoms with Gasteiger partial charge in [0, 0.05) is 31.7 Å². The minimum absolute atomic E-state index is 0.242. The number of aryl methyl sites for hydroxylation is 1. The Hall–Kier alpha value is -2.90. The summed E-state index contributed by atoms with van der Waals surface area (Å²) >= 11 is 0. The average Bonchev–Trinajstić information content (AvgIpc) is 3.10. The Bertz CT molecular complexity index is 805. The molecular formula is C20H26F2N4O2. The van der Waals surface area contributed by atoms with Gasteiger partial charge in [0.25, 0.3) is 5.91 Å². The number of hydrogen-bond acceptors (Lipinski definition) is 3. The fourth-order valence-electron chi connectivity index (χ4n) is 2.55. The van der Waals surface area contributed by atoms with Crippen LogP contribution >= 0.6 is 0 Å². The molecule has 0 radical (unpaired) electrons. The monoisotopic (exact) mass is 392 g/mol. The van der Waals surface area contributed by atoms with E-state index in [-0.39, 0.29) is 5.91 Å². The number of nitrogens with zero attached hydrogens (tertiary/aromatic N) is 1. The highest BCUT2D eigenvalue weighted by Gasteiger charge is 2.11. The molecule has 2 rings (SSSR count). The van der Waals surface area contributed by atoms with Gasteiger partial charge in [-0.2, -0.15) is 0 Å². The molecule has 28 heavy (non-hydrogen) atoms. The first-order valence-corrected chi connectivity index (χ1v) is 9.29. The largest absolute Gasteiger partial charge is 0.459 e. The van der Waals surface area contributed by atoms with Crippen LogP contribution in [-0.2, 0) is 6.42 Å². The standard InChI is InChI=1S/C20H26F2N4O2/c1-3-23-20(26-11-7-15-13-16(21)5-6-17(15)22)25-10-4-9-24-19(27)18-14(2)8-12-28-18/h5-6,8,12-13H,3-4,7,9-11H2,1-2H3,(H,24,27)(H2,23,25,26). The van der Waals surface area contributed by atoms with E-state index in [2.05, 4.69) is 20.9 Å². The number of benzene rings is 1. The van der Waals surface area contributed by atoms with Crippen LogP contribution in [0.3, 0.4) is 0 Å². The van der Waals surface area contributed by atoms with Gasteiger partial charge < -0.3 is 20.4 Å². The van der Waals surface area contributed by atoms with Crippen LogP contribution in [-0.4, -0.2) is 38.0 Å². The summed E-state index contributed by atoms with van der Waals surface area (Å²) in [4.78, 5) is 16.3. The lowest BCUT2D eigenvalue weighted by Crippen LogP contribution is -2.38. The summed E-state index contributed by atoms with van der Waals surface area (Å²) in [5, 5.41) is 8.97. The van der Waals surface area contributed by atoms with Crippen LogP contribution in [0.15, 0.2) is 39.9 Å². The molecule has 152 valence electrons. The zero-order valence-electron chi connectivity index (χ0n) is 16.1. The second kappa shape index (κ2) is 11.1. The van der Waals surface area contributed by atoms with Crippen LogP contribution in [0, 0.1) is 18.6 Å². The smallest absolute Gasteiger partial charge is 0.287 e. The number of rotatable bonds is 9. The molecule has 1 aromatic heterocycles. The maximum absolute atomic E-state index is 13.6. The molecule has 3 N–H and O–H groups in total. The van der Waals surface area contributed by atoms with Crippen LogP contribution in [0.1, 0.15) is 35.0 Å². The summed E-state index contributed by atoms with van der Waals surface area (Å²) in [6, 6.07) is 5.17. The van der Waals surface area contributed by atoms with Gasteiger partial charge in [0.2, 0.25) is 0 Å². The molecule has 0 aliphatic rings. The third-order valence-corrected chi connectivity index (χ3v) is 4.00. The number of nitrogens with one attached hydrogen (secondary N) is 3. The van der Waals surface area contributed by atoms with Gasteiger partial charge in [0.1, 0.15) is 11.6 Å². The molecule has 0 atom stereocenters. The number of guanidine groups is 1. The summed E-state index contributed by atoms with van der Waals surface area (Å²) in [5.41, 5.74) is 1.11. The molecule has 0 unspecified atom stereocenters. The maximum Gasteiger partial charge on any atom is 0.287 e. The zero-order valence-corrected chi connectivity index (χ0v) is 16.1. The zero-order chi connectivity index (χ0) is 20.4. The molecule has 0 aliphatic heterocycles. The fraction of sp³-hybridized carbons (Fsp3) is 0.400. The van der Waals surface area contributed by atoms with E-state index in [1.54, 1.807) is 6.07 Å². The lowest BCUT2D eigenvalue weighted by Gasteiger charge is -2.12. The van der Waals surface area contributed by atoms with Gasteiger partial charge in [0.05, 0.1) is 6.26 Å². The van der Waals surface area contributed by atoms with E-state index < -0.39 is 11.6 Å². The Morgan fingerprint density at radius 3 is 2.68 bits per heavy atom. The first-order chi connectivity index (χ1) is 13.5. The molecule has 1 aromatic carbocycles. The quantitative estimate of drug-likeness (QED) is 0.348. The molecule has 6 nitrogen and oxygen atoms in total. The van der Waals surface area contributed by atoms with Crippen molar-refractivity contribution in [1.29, 1.82) is 0 Å². The van der Waals surface area contributed by atoms with E-state index in [9.17, 15) is 13.6 Å². The number of amides is 1. The summed E-state index contributed by atoms with van der Waals surface area (Å²) in [5.74, 6) is -0.208. The van der Waals surface area contributed by atoms with Crippen molar-refractivity contribution < 1.29 is 18.0 Å². The number of furan rings is 1. The molecule has 1 heterocycles. The fourth-order valence-corrected chi connectivity index (χ4v) is 2.55. The third-order valence-electron chi connectivity index (χ3n) is 4.00. The van der Waals surface area contributed by atoms with E-state index in [0.717, 1.165) is 17.7 Å². The van der Waals surface area contributed by atoms with Gasteiger partial charge in [-0.1, -0.05) is 0 Å². The van der Waals surface area contributed by atoms with Gasteiger partial charge in [-0.15, -0.1) is 0 Å². The van der Waals surface area contributed by atoms with Crippen LogP contribution in [0.2, 0.25) is 0 Å². The van der Waals surface area contributed by atoms with Gasteiger partial charge in [0.15, 0.2) is 11.7 Å². The molecule has 0 fully saturated rings. The maximum atomic E-state index is 13.6. The topological polar surface area (TPSA) is 78.7 Å². The molecule has 1 amide bonds. The Morgan fingerprint density at radius 1 is 1.14 bits per heavy atom. The molecule has 0 bridgehead atoms. The molecule has 0 saturated carbocycles. The highest BCUT2D eigenvalue weighted by atomic mass is 19.1. The molecule has 8 heteroatoms. The van der Waals surface area contributed by atoms with E-state index in [0.29, 0.717) is 56.3 Å². The summed E-state index contributed by atoms with van der Waals surface area (Å²) in [6.07, 6.45) is 2.48. The first kappa shape index (κ1) is 21.4. The van der Waals surface area contributed by atoms with Crippen molar-refractivity contribution in [3.63, 3.8) is 0 Å². The summed E-state index contributed by atoms with van der Waals surface area (Å²) in [6.45, 7) is 5.81. The van der Waals surface area contributed by atoms with Gasteiger partial charge >= 0.3 is 0 Å². The van der Waals surface area contributed by atoms with E-state index in [1.165, 1.54) is 12.3 Å². The normalized spacial score (nSPS) is 11.4. The highest BCUT2D eigenvalue weighted by molar-refractivity contribution is 5.92. The Kier molecular flexibility index (Phi) is 8.45. The van der Waals surface area contributed by atoms with Crippen molar-refractivity contribution in [2.24, 2.45) is 4.99 Å². The predicted octanol–water partition coefficient (Wildman–Crippen LogP) is 2.78. The number of aliphatic imine (C=N–C) groups is 1. The van der Waals surface area contributed by atoms with Crippen LogP contribution < -0.4 is 16.0 Å². The van der Waals surface area contributed by atoms with Crippen LogP contribution in [0.25, 0.3) is 0 Å². The second-order valence-corrected chi connectivity index (χ2v) is 6.22. The lowest BCUT2D eigenvalue weighted by molar-refractivity contribution is 0.0925. The van der Waals surface area contributed by atoms with Gasteiger partial charge in [-0.25, -0.2) is 8.78 Å². The average molecular weight is 392 g/mol. The summed E-state index contributed by atoms with van der Waals surface area (Å²) < 4.78 is 32.0. The van der Waals surface area contributed by atoms with E-state index in [1.807, 2.05) is 13.8 Å². The lowest BCUT2D eigenvalue weighted by atomic mass is 10.1. The molecule has 0 aliphatic carbocycles. The van der Waals surface area contributed by atoms with Crippen molar-refractivity contribution in [2.45, 2.75) is 26.7 Å². The van der Waals surface area contributed by atoms with Crippen LogP contribution in [0.4, 0.5) is 8.78 Å². The minimum Gasteiger partial charge on any atom is -0.459 e. The Morgan fingerprint density at radius 2 is 1.96 bits per heavy atom. The molecule has 0 saturated heterocycles. The van der Waals surface area contributed by atoms with Crippen molar-refractivity contribution >= 4 is 11.9 Å². The third kappa shape index (κ3) is 6.68. The minimum atomic E-state index is -0.455. The Labute approximate surface area is 163 Å². The Balaban J connectivity index is 1.73. The van der Waals surface area contributed by atoms with E-state index >= 15 is 0 Å². The second-order valence-electron chi connectivity index (χ2n) is 6.22. The van der Waals surface area contributed by atoms with Crippen molar-refractivity contribution in [1.82, 2.24) is 16.0 Å². The van der Waals surface area contributed by atoms with E-state index in [4.69, 9.17) is 4.42 Å². The van der Waals surface area contributed by atoms with Crippen molar-refractivity contribution in [3.05, 3.63) is 59.1 Å². The van der Waals surface area contributed by atoms with Gasteiger partial charge in [-0.05, 0) is 56.5 Å².